The molecule has 0 spiro atoms. The van der Waals surface area contributed by atoms with Crippen molar-refractivity contribution in [3.63, 3.8) is 0 Å². The molecule has 0 saturated carbocycles. The smallest absolute Gasteiger partial charge is 0.223 e. The van der Waals surface area contributed by atoms with Crippen molar-refractivity contribution in [2.45, 2.75) is 85.7 Å². The van der Waals surface area contributed by atoms with E-state index in [4.69, 9.17) is 0 Å². The number of amides is 1. The second-order valence-corrected chi connectivity index (χ2v) is 11.3. The van der Waals surface area contributed by atoms with Crippen LogP contribution in [0.1, 0.15) is 73.6 Å². The van der Waals surface area contributed by atoms with Crippen molar-refractivity contribution in [1.82, 2.24) is 15.1 Å². The lowest BCUT2D eigenvalue weighted by Gasteiger charge is -2.35. The van der Waals surface area contributed by atoms with Gasteiger partial charge in [0.05, 0.1) is 0 Å². The molecule has 0 aromatic heterocycles. The fourth-order valence-electron chi connectivity index (χ4n) is 4.61. The number of likely N-dealkylation sites (tertiary alicyclic amines) is 2. The Balaban J connectivity index is 1.72. The van der Waals surface area contributed by atoms with Crippen molar-refractivity contribution in [1.29, 1.82) is 0 Å². The number of carbonyl (C=O) groups is 2. The summed E-state index contributed by atoms with van der Waals surface area (Å²) in [6.45, 7) is 16.4. The number of Topliss-reactive ketones (excluding diaryl/α,β-unsaturated/α-hetero) is 1. The molecule has 0 aromatic carbocycles. The highest BCUT2D eigenvalue weighted by atomic mass is 16.2. The molecule has 1 N–H and O–H groups in total. The Hall–Kier alpha value is -0.940. The van der Waals surface area contributed by atoms with E-state index in [9.17, 15) is 9.59 Å². The molecule has 0 radical (unpaired) electrons. The van der Waals surface area contributed by atoms with Gasteiger partial charge in [0.25, 0.3) is 0 Å². The van der Waals surface area contributed by atoms with E-state index >= 15 is 0 Å². The van der Waals surface area contributed by atoms with E-state index < -0.39 is 0 Å². The zero-order valence-corrected chi connectivity index (χ0v) is 19.3. The van der Waals surface area contributed by atoms with Crippen molar-refractivity contribution >= 4 is 11.7 Å². The van der Waals surface area contributed by atoms with Crippen LogP contribution in [-0.2, 0) is 9.59 Å². The van der Waals surface area contributed by atoms with Crippen molar-refractivity contribution in [3.8, 4) is 0 Å². The fraction of sp³-hybridized carbons (Fsp3) is 0.913. The highest BCUT2D eigenvalue weighted by Crippen LogP contribution is 2.32. The summed E-state index contributed by atoms with van der Waals surface area (Å²) >= 11 is 0. The van der Waals surface area contributed by atoms with Crippen LogP contribution in [0.4, 0.5) is 0 Å². The molecule has 0 aromatic rings. The molecule has 2 aliphatic rings. The number of rotatable bonds is 6. The Labute approximate surface area is 172 Å². The summed E-state index contributed by atoms with van der Waals surface area (Å²) in [6, 6.07) is 1.30. The van der Waals surface area contributed by atoms with Crippen LogP contribution in [0.15, 0.2) is 0 Å². The number of ketones is 1. The summed E-state index contributed by atoms with van der Waals surface area (Å²) < 4.78 is 0. The number of hydrogen-bond donors (Lipinski definition) is 1. The van der Waals surface area contributed by atoms with Crippen LogP contribution in [0.5, 0.6) is 0 Å². The Morgan fingerprint density at radius 2 is 1.64 bits per heavy atom. The molecule has 162 valence electrons. The maximum Gasteiger partial charge on any atom is 0.223 e. The van der Waals surface area contributed by atoms with Gasteiger partial charge in [-0.3, -0.25) is 14.5 Å². The van der Waals surface area contributed by atoms with Crippen LogP contribution in [0.2, 0.25) is 0 Å². The van der Waals surface area contributed by atoms with Crippen molar-refractivity contribution in [2.24, 2.45) is 16.7 Å². The maximum atomic E-state index is 12.5. The first kappa shape index (κ1) is 23.3. The van der Waals surface area contributed by atoms with Crippen molar-refractivity contribution in [3.05, 3.63) is 0 Å². The standard InChI is InChI=1S/C23H43N3O2/c1-22(2,3)15-18-14-19(16-25(18)7)26-12-9-17(10-13-26)21(28)24-11-8-20(27)23(4,5)6/h17-19H,8-16H2,1-7H3,(H,24,28)/t18-,19-/m0/s1. The highest BCUT2D eigenvalue weighted by Gasteiger charge is 2.37. The van der Waals surface area contributed by atoms with Crippen LogP contribution < -0.4 is 5.32 Å². The summed E-state index contributed by atoms with van der Waals surface area (Å²) in [7, 11) is 2.26. The number of likely N-dealkylation sites (N-methyl/N-ethyl adjacent to an activating group) is 1. The lowest BCUT2D eigenvalue weighted by atomic mass is 9.86. The first-order chi connectivity index (χ1) is 12.9. The molecule has 2 rings (SSSR count). The van der Waals surface area contributed by atoms with E-state index in [-0.39, 0.29) is 23.0 Å². The summed E-state index contributed by atoms with van der Waals surface area (Å²) in [4.78, 5) is 29.6. The van der Waals surface area contributed by atoms with Gasteiger partial charge in [-0.1, -0.05) is 41.5 Å². The van der Waals surface area contributed by atoms with E-state index in [1.807, 2.05) is 20.8 Å². The summed E-state index contributed by atoms with van der Waals surface area (Å²) in [5, 5.41) is 2.99. The third-order valence-electron chi connectivity index (χ3n) is 6.42. The number of hydrogen-bond acceptors (Lipinski definition) is 4. The minimum Gasteiger partial charge on any atom is -0.355 e. The Morgan fingerprint density at radius 1 is 1.04 bits per heavy atom. The van der Waals surface area contributed by atoms with Crippen LogP contribution >= 0.6 is 0 Å². The topological polar surface area (TPSA) is 52.6 Å². The average molecular weight is 394 g/mol. The molecular formula is C23H43N3O2. The number of piperidine rings is 1. The second-order valence-electron chi connectivity index (χ2n) is 11.3. The molecule has 2 aliphatic heterocycles. The van der Waals surface area contributed by atoms with Crippen molar-refractivity contribution < 1.29 is 9.59 Å². The first-order valence-electron chi connectivity index (χ1n) is 11.1. The molecule has 5 heteroatoms. The molecule has 2 saturated heterocycles. The number of nitrogens with one attached hydrogen (secondary N) is 1. The minimum atomic E-state index is -0.324. The molecule has 5 nitrogen and oxygen atoms in total. The molecule has 2 fully saturated rings. The monoisotopic (exact) mass is 393 g/mol. The largest absolute Gasteiger partial charge is 0.355 e. The predicted molar refractivity (Wildman–Crippen MR) is 115 cm³/mol. The van der Waals surface area contributed by atoms with E-state index in [2.05, 4.69) is 42.9 Å². The van der Waals surface area contributed by atoms with Gasteiger partial charge in [0.2, 0.25) is 5.91 Å². The fourth-order valence-corrected chi connectivity index (χ4v) is 4.61. The van der Waals surface area contributed by atoms with Gasteiger partial charge in [0, 0.05) is 42.9 Å². The van der Waals surface area contributed by atoms with E-state index in [0.29, 0.717) is 30.5 Å². The molecule has 28 heavy (non-hydrogen) atoms. The van der Waals surface area contributed by atoms with Gasteiger partial charge in [-0.2, -0.15) is 0 Å². The van der Waals surface area contributed by atoms with E-state index in [1.54, 1.807) is 0 Å². The van der Waals surface area contributed by atoms with Gasteiger partial charge < -0.3 is 10.2 Å². The Bertz CT molecular complexity index is 539. The van der Waals surface area contributed by atoms with Gasteiger partial charge in [-0.05, 0) is 51.2 Å². The second kappa shape index (κ2) is 9.25. The first-order valence-corrected chi connectivity index (χ1v) is 11.1. The van der Waals surface area contributed by atoms with E-state index in [1.165, 1.54) is 12.8 Å². The lowest BCUT2D eigenvalue weighted by Crippen LogP contribution is -2.46. The quantitative estimate of drug-likeness (QED) is 0.752. The van der Waals surface area contributed by atoms with Gasteiger partial charge in [-0.25, -0.2) is 0 Å². The van der Waals surface area contributed by atoms with Crippen LogP contribution in [0.25, 0.3) is 0 Å². The van der Waals surface area contributed by atoms with Crippen LogP contribution in [-0.4, -0.2) is 66.8 Å². The summed E-state index contributed by atoms with van der Waals surface area (Å²) in [5.41, 5.74) is 0.0443. The SMILES string of the molecule is CN1C[C@@H](N2CCC(C(=O)NCCC(=O)C(C)(C)C)CC2)C[C@H]1CC(C)(C)C. The van der Waals surface area contributed by atoms with Gasteiger partial charge in [-0.15, -0.1) is 0 Å². The predicted octanol–water partition coefficient (Wildman–Crippen LogP) is 3.33. The molecular weight excluding hydrogens is 350 g/mol. The van der Waals surface area contributed by atoms with Gasteiger partial charge in [0.1, 0.15) is 5.78 Å². The van der Waals surface area contributed by atoms with E-state index in [0.717, 1.165) is 32.5 Å². The van der Waals surface area contributed by atoms with Crippen molar-refractivity contribution in [2.75, 3.05) is 33.2 Å². The summed E-state index contributed by atoms with van der Waals surface area (Å²) in [6.07, 6.45) is 4.79. The normalized spacial score (nSPS) is 25.8. The Kier molecular flexibility index (Phi) is 7.71. The molecule has 1 amide bonds. The minimum absolute atomic E-state index is 0.102. The third kappa shape index (κ3) is 6.84. The van der Waals surface area contributed by atoms with Crippen LogP contribution in [0, 0.1) is 16.7 Å². The zero-order valence-electron chi connectivity index (χ0n) is 19.3. The lowest BCUT2D eigenvalue weighted by molar-refractivity contribution is -0.127. The highest BCUT2D eigenvalue weighted by molar-refractivity contribution is 5.84. The molecule has 0 unspecified atom stereocenters. The van der Waals surface area contributed by atoms with Crippen LogP contribution in [0.3, 0.4) is 0 Å². The third-order valence-corrected chi connectivity index (χ3v) is 6.42. The Morgan fingerprint density at radius 3 is 2.18 bits per heavy atom. The zero-order chi connectivity index (χ0) is 21.1. The number of carbonyl (C=O) groups excluding carboxylic acids is 2. The molecule has 2 heterocycles. The molecule has 2 atom stereocenters. The number of nitrogens with zero attached hydrogens (tertiary/aromatic N) is 2. The maximum absolute atomic E-state index is 12.5. The molecule has 0 bridgehead atoms. The van der Waals surface area contributed by atoms with Gasteiger partial charge >= 0.3 is 0 Å². The summed E-state index contributed by atoms with van der Waals surface area (Å²) in [5.74, 6) is 0.443. The van der Waals surface area contributed by atoms with Gasteiger partial charge in [0.15, 0.2) is 0 Å². The average Bonchev–Trinajstić information content (AvgIpc) is 2.93. The molecule has 0 aliphatic carbocycles.